The number of para-hydroxylation sites is 2. The van der Waals surface area contributed by atoms with Crippen molar-refractivity contribution in [2.45, 2.75) is 12.9 Å². The third-order valence-corrected chi connectivity index (χ3v) is 5.39. The van der Waals surface area contributed by atoms with Crippen LogP contribution in [0.1, 0.15) is 25.6 Å². The van der Waals surface area contributed by atoms with E-state index in [1.165, 1.54) is 47.5 Å². The Balaban J connectivity index is 1.60. The van der Waals surface area contributed by atoms with Gasteiger partial charge in [0.2, 0.25) is 0 Å². The molecule has 0 aliphatic heterocycles. The van der Waals surface area contributed by atoms with Crippen LogP contribution in [0.2, 0.25) is 0 Å². The molecule has 2 aromatic carbocycles. The predicted molar refractivity (Wildman–Crippen MR) is 119 cm³/mol. The molecule has 2 amide bonds. The average molecular weight is 492 g/mol. The van der Waals surface area contributed by atoms with Gasteiger partial charge >= 0.3 is 12.3 Å². The summed E-state index contributed by atoms with van der Waals surface area (Å²) in [6.45, 7) is -0.935. The van der Waals surface area contributed by atoms with Crippen LogP contribution in [0, 0.1) is 0 Å². The maximum Gasteiger partial charge on any atom is 0.573 e. The maximum absolute atomic E-state index is 12.6. The van der Waals surface area contributed by atoms with Gasteiger partial charge in [-0.05, 0) is 29.6 Å². The number of nitrogens with zero attached hydrogens (tertiary/aromatic N) is 1. The second-order valence-corrected chi connectivity index (χ2v) is 7.81. The van der Waals surface area contributed by atoms with E-state index in [1.807, 2.05) is 0 Å². The van der Waals surface area contributed by atoms with E-state index in [-0.39, 0.29) is 23.6 Å². The highest BCUT2D eigenvalue weighted by Crippen LogP contribution is 2.26. The van der Waals surface area contributed by atoms with E-state index < -0.39 is 30.6 Å². The number of hydrogen-bond acceptors (Lipinski definition) is 6. The molecular formula is C23H19F3N2O5S. The number of carbonyl (C=O) groups is 3. The van der Waals surface area contributed by atoms with Gasteiger partial charge < -0.3 is 19.7 Å². The molecule has 3 aromatic rings. The van der Waals surface area contributed by atoms with Gasteiger partial charge in [0.1, 0.15) is 5.75 Å². The Kier molecular flexibility index (Phi) is 7.90. The molecule has 3 rings (SSSR count). The van der Waals surface area contributed by atoms with Gasteiger partial charge in [-0.2, -0.15) is 0 Å². The van der Waals surface area contributed by atoms with Gasteiger partial charge in [0.05, 0.1) is 16.1 Å². The van der Waals surface area contributed by atoms with Crippen molar-refractivity contribution in [3.05, 3.63) is 82.0 Å². The summed E-state index contributed by atoms with van der Waals surface area (Å²) in [5, 5.41) is 4.14. The topological polar surface area (TPSA) is 84.9 Å². The molecule has 0 radical (unpaired) electrons. The largest absolute Gasteiger partial charge is 0.573 e. The summed E-state index contributed by atoms with van der Waals surface area (Å²) in [4.78, 5) is 39.1. The Morgan fingerprint density at radius 2 is 1.71 bits per heavy atom. The molecule has 0 bridgehead atoms. The number of rotatable bonds is 8. The highest BCUT2D eigenvalue weighted by molar-refractivity contribution is 7.12. The van der Waals surface area contributed by atoms with Crippen LogP contribution in [-0.4, -0.2) is 37.8 Å². The number of benzene rings is 2. The summed E-state index contributed by atoms with van der Waals surface area (Å²) < 4.78 is 46.5. The number of nitrogens with one attached hydrogen (secondary N) is 1. The molecule has 0 atom stereocenters. The Bertz CT molecular complexity index is 1170. The molecular weight excluding hydrogens is 473 g/mol. The van der Waals surface area contributed by atoms with Crippen LogP contribution in [0.5, 0.6) is 5.75 Å². The van der Waals surface area contributed by atoms with E-state index in [0.717, 1.165) is 6.07 Å². The standard InChI is InChI=1S/C23H19F3N2O5S/c1-28(21(30)19-11-6-12-34-19)17-9-4-3-8-16(17)22(31)32-14-20(29)27-13-15-7-2-5-10-18(15)33-23(24,25)26/h2-12H,13-14H2,1H3,(H,27,29). The van der Waals surface area contributed by atoms with Gasteiger partial charge in [-0.15, -0.1) is 24.5 Å². The van der Waals surface area contributed by atoms with Crippen molar-refractivity contribution in [2.75, 3.05) is 18.6 Å². The van der Waals surface area contributed by atoms with Crippen molar-refractivity contribution < 1.29 is 37.0 Å². The number of ether oxygens (including phenoxy) is 2. The lowest BCUT2D eigenvalue weighted by Gasteiger charge is -2.19. The molecule has 11 heteroatoms. The third-order valence-electron chi connectivity index (χ3n) is 4.53. The van der Waals surface area contributed by atoms with Crippen molar-refractivity contribution in [3.63, 3.8) is 0 Å². The van der Waals surface area contributed by atoms with Crippen LogP contribution < -0.4 is 15.0 Å². The summed E-state index contributed by atoms with van der Waals surface area (Å²) in [5.41, 5.74) is 0.467. The number of esters is 1. The lowest BCUT2D eigenvalue weighted by Crippen LogP contribution is -2.30. The van der Waals surface area contributed by atoms with Crippen LogP contribution in [0.3, 0.4) is 0 Å². The van der Waals surface area contributed by atoms with E-state index in [0.29, 0.717) is 10.6 Å². The van der Waals surface area contributed by atoms with Gasteiger partial charge in [-0.25, -0.2) is 4.79 Å². The predicted octanol–water partition coefficient (Wildman–Crippen LogP) is 4.40. The summed E-state index contributed by atoms with van der Waals surface area (Å²) in [7, 11) is 1.52. The molecule has 0 fully saturated rings. The molecule has 0 aliphatic carbocycles. The quantitative estimate of drug-likeness (QED) is 0.472. The summed E-state index contributed by atoms with van der Waals surface area (Å²) in [6.07, 6.45) is -4.87. The number of amides is 2. The fourth-order valence-corrected chi connectivity index (χ4v) is 3.64. The van der Waals surface area contributed by atoms with Crippen LogP contribution in [0.15, 0.2) is 66.0 Å². The number of halogens is 3. The monoisotopic (exact) mass is 492 g/mol. The Morgan fingerprint density at radius 3 is 2.41 bits per heavy atom. The number of alkyl halides is 3. The van der Waals surface area contributed by atoms with E-state index in [4.69, 9.17) is 4.74 Å². The van der Waals surface area contributed by atoms with E-state index in [1.54, 1.807) is 35.7 Å². The van der Waals surface area contributed by atoms with E-state index in [2.05, 4.69) is 10.1 Å². The number of carbonyl (C=O) groups excluding carboxylic acids is 3. The number of anilines is 1. The highest BCUT2D eigenvalue weighted by atomic mass is 32.1. The van der Waals surface area contributed by atoms with Gasteiger partial charge in [0, 0.05) is 19.2 Å². The molecule has 0 spiro atoms. The van der Waals surface area contributed by atoms with Gasteiger partial charge in [0.25, 0.3) is 11.8 Å². The first-order chi connectivity index (χ1) is 16.2. The SMILES string of the molecule is CN(C(=O)c1cccs1)c1ccccc1C(=O)OCC(=O)NCc1ccccc1OC(F)(F)F. The van der Waals surface area contributed by atoms with Crippen LogP contribution in [-0.2, 0) is 16.1 Å². The first-order valence-electron chi connectivity index (χ1n) is 9.84. The van der Waals surface area contributed by atoms with Crippen molar-refractivity contribution in [3.8, 4) is 5.75 Å². The third kappa shape index (κ3) is 6.58. The van der Waals surface area contributed by atoms with Gasteiger partial charge in [0.15, 0.2) is 6.61 Å². The second kappa shape index (κ2) is 10.8. The minimum Gasteiger partial charge on any atom is -0.452 e. The second-order valence-electron chi connectivity index (χ2n) is 6.87. The van der Waals surface area contributed by atoms with E-state index in [9.17, 15) is 27.6 Å². The molecule has 0 saturated heterocycles. The molecule has 1 N–H and O–H groups in total. The molecule has 1 aromatic heterocycles. The fourth-order valence-electron chi connectivity index (χ4n) is 2.94. The average Bonchev–Trinajstić information content (AvgIpc) is 3.35. The minimum atomic E-state index is -4.87. The first kappa shape index (κ1) is 24.8. The molecule has 1 heterocycles. The molecule has 0 aliphatic rings. The van der Waals surface area contributed by atoms with Crippen molar-refractivity contribution in [1.82, 2.24) is 5.32 Å². The Hall–Kier alpha value is -3.86. The van der Waals surface area contributed by atoms with Gasteiger partial charge in [-0.1, -0.05) is 36.4 Å². The fraction of sp³-hybridized carbons (Fsp3) is 0.174. The molecule has 0 unspecified atom stereocenters. The zero-order chi connectivity index (χ0) is 24.7. The Labute approximate surface area is 196 Å². The van der Waals surface area contributed by atoms with Crippen molar-refractivity contribution in [2.24, 2.45) is 0 Å². The van der Waals surface area contributed by atoms with E-state index >= 15 is 0 Å². The molecule has 7 nitrogen and oxygen atoms in total. The summed E-state index contributed by atoms with van der Waals surface area (Å²) >= 11 is 1.26. The van der Waals surface area contributed by atoms with Gasteiger partial charge in [-0.3, -0.25) is 9.59 Å². The maximum atomic E-state index is 12.6. The molecule has 34 heavy (non-hydrogen) atoms. The number of thiophene rings is 1. The minimum absolute atomic E-state index is 0.0756. The lowest BCUT2D eigenvalue weighted by atomic mass is 10.1. The van der Waals surface area contributed by atoms with Crippen molar-refractivity contribution >= 4 is 34.8 Å². The Morgan fingerprint density at radius 1 is 1.00 bits per heavy atom. The van der Waals surface area contributed by atoms with Crippen molar-refractivity contribution in [1.29, 1.82) is 0 Å². The zero-order valence-electron chi connectivity index (χ0n) is 17.8. The van der Waals surface area contributed by atoms with Crippen LogP contribution >= 0.6 is 11.3 Å². The zero-order valence-corrected chi connectivity index (χ0v) is 18.6. The van der Waals surface area contributed by atoms with Crippen LogP contribution in [0.25, 0.3) is 0 Å². The molecule has 0 saturated carbocycles. The first-order valence-corrected chi connectivity index (χ1v) is 10.7. The van der Waals surface area contributed by atoms with Crippen LogP contribution in [0.4, 0.5) is 18.9 Å². The number of hydrogen-bond donors (Lipinski definition) is 1. The molecule has 178 valence electrons. The normalized spacial score (nSPS) is 10.9. The smallest absolute Gasteiger partial charge is 0.452 e. The highest BCUT2D eigenvalue weighted by Gasteiger charge is 2.32. The summed E-state index contributed by atoms with van der Waals surface area (Å²) in [5.74, 6) is -2.32. The summed E-state index contributed by atoms with van der Waals surface area (Å²) in [6, 6.07) is 15.0. The lowest BCUT2D eigenvalue weighted by molar-refractivity contribution is -0.274.